The van der Waals surface area contributed by atoms with Gasteiger partial charge in [0.1, 0.15) is 17.6 Å². The van der Waals surface area contributed by atoms with Crippen LogP contribution in [0.2, 0.25) is 0 Å². The molecule has 0 bridgehead atoms. The number of nitrogens with one attached hydrogen (secondary N) is 1. The number of ether oxygens (including phenoxy) is 4. The molecule has 5 rings (SSSR count). The maximum atomic E-state index is 15.2. The molecule has 0 radical (unpaired) electrons. The molecular formula is C31H26F4N4O6. The molecule has 0 saturated carbocycles. The number of aryl methyl sites for hydroxylation is 1. The van der Waals surface area contributed by atoms with E-state index in [9.17, 15) is 22.8 Å². The zero-order valence-corrected chi connectivity index (χ0v) is 24.4. The molecule has 5 aromatic rings. The monoisotopic (exact) mass is 626 g/mol. The third-order valence-corrected chi connectivity index (χ3v) is 6.87. The van der Waals surface area contributed by atoms with Gasteiger partial charge in [-0.15, -0.1) is 13.2 Å². The Hall–Kier alpha value is -5.40. The van der Waals surface area contributed by atoms with Crippen LogP contribution in [0.25, 0.3) is 21.8 Å². The number of rotatable bonds is 9. The number of hydrogen-bond acceptors (Lipinski definition) is 8. The highest BCUT2D eigenvalue weighted by Gasteiger charge is 2.31. The highest BCUT2D eigenvalue weighted by atomic mass is 19.4. The summed E-state index contributed by atoms with van der Waals surface area (Å²) in [6.45, 7) is 3.94. The van der Waals surface area contributed by atoms with Crippen LogP contribution in [0.3, 0.4) is 0 Å². The summed E-state index contributed by atoms with van der Waals surface area (Å²) in [4.78, 5) is 34.8. The van der Waals surface area contributed by atoms with Crippen molar-refractivity contribution in [3.8, 4) is 28.9 Å². The van der Waals surface area contributed by atoms with Crippen molar-refractivity contribution in [2.24, 2.45) is 7.05 Å². The molecular weight excluding hydrogens is 600 g/mol. The number of pyridine rings is 1. The quantitative estimate of drug-likeness (QED) is 0.181. The number of amides is 1. The number of aromatic nitrogens is 3. The van der Waals surface area contributed by atoms with Crippen LogP contribution in [0, 0.1) is 12.7 Å². The molecule has 0 aliphatic heterocycles. The van der Waals surface area contributed by atoms with Crippen LogP contribution in [-0.4, -0.2) is 40.5 Å². The molecule has 0 atom stereocenters. The molecule has 45 heavy (non-hydrogen) atoms. The number of fused-ring (bicyclic) bond motifs is 2. The lowest BCUT2D eigenvalue weighted by molar-refractivity contribution is -0.274. The van der Waals surface area contributed by atoms with Gasteiger partial charge in [0.25, 0.3) is 5.91 Å². The number of methoxy groups -OCH3 is 1. The van der Waals surface area contributed by atoms with Crippen LogP contribution < -0.4 is 29.7 Å². The van der Waals surface area contributed by atoms with Crippen LogP contribution in [-0.2, 0) is 7.05 Å². The number of carbonyl (C=O) groups excluding carboxylic acids is 1. The van der Waals surface area contributed by atoms with Gasteiger partial charge in [-0.1, -0.05) is 6.92 Å². The van der Waals surface area contributed by atoms with Gasteiger partial charge in [-0.25, -0.2) is 14.4 Å². The number of nitrogens with zero attached hydrogens (tertiary/aromatic N) is 3. The van der Waals surface area contributed by atoms with Crippen LogP contribution in [0.1, 0.15) is 29.4 Å². The molecule has 10 nitrogen and oxygen atoms in total. The predicted octanol–water partition coefficient (Wildman–Crippen LogP) is 6.67. The minimum atomic E-state index is -4.97. The maximum absolute atomic E-state index is 15.2. The first kappa shape index (κ1) is 31.0. The first-order valence-electron chi connectivity index (χ1n) is 13.5. The summed E-state index contributed by atoms with van der Waals surface area (Å²) in [5.41, 5.74) is -0.160. The summed E-state index contributed by atoms with van der Waals surface area (Å²) in [6, 6.07) is 10.2. The number of alkyl halides is 3. The zero-order chi connectivity index (χ0) is 32.5. The Morgan fingerprint density at radius 2 is 1.78 bits per heavy atom. The molecule has 1 amide bonds. The second kappa shape index (κ2) is 12.3. The van der Waals surface area contributed by atoms with Crippen molar-refractivity contribution >= 4 is 33.4 Å². The molecule has 0 fully saturated rings. The fourth-order valence-electron chi connectivity index (χ4n) is 4.67. The van der Waals surface area contributed by atoms with Crippen LogP contribution >= 0.6 is 0 Å². The molecule has 14 heteroatoms. The SMILES string of the molecule is CCCOc1cc2ncnc(Oc3ccc(NC(=O)c4c(C)n(C)c5ccc(OC(F)(F)F)cc5c4=O)cc3F)c2cc1OC. The second-order valence-electron chi connectivity index (χ2n) is 9.82. The van der Waals surface area contributed by atoms with Crippen LogP contribution in [0.4, 0.5) is 23.2 Å². The standard InChI is InChI=1S/C31H26F4N4O6/c1-5-10-43-26-14-22-19(13-25(26)42-4)30(37-15-36-22)44-24-9-6-17(11-21(24)32)38-29(41)27-16(2)39(3)23-8-7-18(45-31(33,34)35)12-20(23)28(27)40/h6-9,11-15H,5,10H2,1-4H3,(H,38,41). The first-order chi connectivity index (χ1) is 21.4. The van der Waals surface area contributed by atoms with Gasteiger partial charge in [0.2, 0.25) is 11.3 Å². The smallest absolute Gasteiger partial charge is 0.493 e. The Morgan fingerprint density at radius 1 is 1.00 bits per heavy atom. The van der Waals surface area contributed by atoms with E-state index in [1.165, 1.54) is 43.1 Å². The van der Waals surface area contributed by atoms with Crippen LogP contribution in [0.15, 0.2) is 59.7 Å². The van der Waals surface area contributed by atoms with Gasteiger partial charge in [0.05, 0.1) is 35.5 Å². The van der Waals surface area contributed by atoms with Gasteiger partial charge < -0.3 is 28.8 Å². The van der Waals surface area contributed by atoms with Gasteiger partial charge in [-0.3, -0.25) is 9.59 Å². The molecule has 0 unspecified atom stereocenters. The minimum absolute atomic E-state index is 0.00696. The first-order valence-corrected chi connectivity index (χ1v) is 13.5. The summed E-state index contributed by atoms with van der Waals surface area (Å²) in [7, 11) is 3.03. The minimum Gasteiger partial charge on any atom is -0.493 e. The Balaban J connectivity index is 1.42. The second-order valence-corrected chi connectivity index (χ2v) is 9.82. The normalized spacial score (nSPS) is 11.5. The third-order valence-electron chi connectivity index (χ3n) is 6.87. The summed E-state index contributed by atoms with van der Waals surface area (Å²) in [5, 5.41) is 2.74. The van der Waals surface area contributed by atoms with Crippen molar-refractivity contribution in [2.75, 3.05) is 19.0 Å². The topological polar surface area (TPSA) is 114 Å². The molecule has 1 N–H and O–H groups in total. The Kier molecular flexibility index (Phi) is 8.49. The van der Waals surface area contributed by atoms with Crippen molar-refractivity contribution < 1.29 is 41.3 Å². The van der Waals surface area contributed by atoms with E-state index in [1.54, 1.807) is 19.2 Å². The van der Waals surface area contributed by atoms with Crippen molar-refractivity contribution in [1.29, 1.82) is 0 Å². The number of anilines is 1. The third kappa shape index (κ3) is 6.44. The zero-order valence-electron chi connectivity index (χ0n) is 24.4. The van der Waals surface area contributed by atoms with Crippen molar-refractivity contribution in [3.63, 3.8) is 0 Å². The summed E-state index contributed by atoms with van der Waals surface area (Å²) in [6.07, 6.45) is -2.93. The van der Waals surface area contributed by atoms with E-state index >= 15 is 4.39 Å². The number of hydrogen-bond donors (Lipinski definition) is 1. The number of carbonyl (C=O) groups is 1. The highest BCUT2D eigenvalue weighted by Crippen LogP contribution is 2.37. The Morgan fingerprint density at radius 3 is 2.47 bits per heavy atom. The van der Waals surface area contributed by atoms with E-state index in [0.29, 0.717) is 29.0 Å². The average Bonchev–Trinajstić information content (AvgIpc) is 2.99. The lowest BCUT2D eigenvalue weighted by Crippen LogP contribution is -2.26. The molecule has 234 valence electrons. The van der Waals surface area contributed by atoms with E-state index in [2.05, 4.69) is 20.0 Å². The van der Waals surface area contributed by atoms with E-state index in [-0.39, 0.29) is 39.5 Å². The predicted molar refractivity (Wildman–Crippen MR) is 157 cm³/mol. The van der Waals surface area contributed by atoms with E-state index in [1.807, 2.05) is 6.92 Å². The van der Waals surface area contributed by atoms with E-state index in [0.717, 1.165) is 24.6 Å². The fraction of sp³-hybridized carbons (Fsp3) is 0.226. The molecule has 2 heterocycles. The van der Waals surface area contributed by atoms with Gasteiger partial charge >= 0.3 is 6.36 Å². The van der Waals surface area contributed by atoms with E-state index < -0.39 is 29.3 Å². The van der Waals surface area contributed by atoms with Crippen molar-refractivity contribution in [3.05, 3.63) is 82.2 Å². The summed E-state index contributed by atoms with van der Waals surface area (Å²) >= 11 is 0. The van der Waals surface area contributed by atoms with Gasteiger partial charge in [0.15, 0.2) is 23.1 Å². The number of halogens is 4. The average molecular weight is 627 g/mol. The Bertz CT molecular complexity index is 1990. The largest absolute Gasteiger partial charge is 0.573 e. The van der Waals surface area contributed by atoms with Gasteiger partial charge in [0, 0.05) is 30.6 Å². The van der Waals surface area contributed by atoms with Crippen molar-refractivity contribution in [1.82, 2.24) is 14.5 Å². The lowest BCUT2D eigenvalue weighted by atomic mass is 10.1. The molecule has 0 aliphatic rings. The van der Waals surface area contributed by atoms with Crippen LogP contribution in [0.5, 0.6) is 28.9 Å². The molecule has 0 spiro atoms. The van der Waals surface area contributed by atoms with Gasteiger partial charge in [-0.05, 0) is 49.7 Å². The highest BCUT2D eigenvalue weighted by molar-refractivity contribution is 6.07. The van der Waals surface area contributed by atoms with Crippen molar-refractivity contribution in [2.45, 2.75) is 26.6 Å². The number of benzene rings is 3. The fourth-order valence-corrected chi connectivity index (χ4v) is 4.67. The lowest BCUT2D eigenvalue weighted by Gasteiger charge is -2.16. The molecule has 3 aromatic carbocycles. The summed E-state index contributed by atoms with van der Waals surface area (Å²) in [5.74, 6) is -1.64. The Labute approximate surface area is 253 Å². The maximum Gasteiger partial charge on any atom is 0.573 e. The molecule has 2 aromatic heterocycles. The molecule has 0 saturated heterocycles. The molecule has 0 aliphatic carbocycles. The van der Waals surface area contributed by atoms with Gasteiger partial charge in [-0.2, -0.15) is 0 Å². The summed E-state index contributed by atoms with van der Waals surface area (Å²) < 4.78 is 75.8. The van der Waals surface area contributed by atoms with E-state index in [4.69, 9.17) is 14.2 Å².